The lowest BCUT2D eigenvalue weighted by Crippen LogP contribution is -2.34. The van der Waals surface area contributed by atoms with Gasteiger partial charge in [0.25, 0.3) is 0 Å². The van der Waals surface area contributed by atoms with Crippen molar-refractivity contribution in [1.82, 2.24) is 25.1 Å². The van der Waals surface area contributed by atoms with Gasteiger partial charge in [-0.15, -0.1) is 5.10 Å². The minimum absolute atomic E-state index is 0.0493. The summed E-state index contributed by atoms with van der Waals surface area (Å²) >= 11 is 0. The molecule has 0 unspecified atom stereocenters. The molecular formula is C10H19N7O. The molecule has 2 rings (SSSR count). The first-order valence-corrected chi connectivity index (χ1v) is 6.17. The highest BCUT2D eigenvalue weighted by Crippen LogP contribution is 2.27. The lowest BCUT2D eigenvalue weighted by atomic mass is 9.95. The third-order valence-corrected chi connectivity index (χ3v) is 3.35. The summed E-state index contributed by atoms with van der Waals surface area (Å²) in [7, 11) is 1.73. The molecule has 0 amide bonds. The summed E-state index contributed by atoms with van der Waals surface area (Å²) in [5, 5.41) is 23.4. The maximum Gasteiger partial charge on any atom is 0.233 e. The number of oxime groups is 1. The number of hydrogen-bond donors (Lipinski definition) is 2. The van der Waals surface area contributed by atoms with Crippen molar-refractivity contribution in [2.24, 2.45) is 10.9 Å². The number of aromatic nitrogens is 4. The number of nitrogens with two attached hydrogens (primary N) is 1. The van der Waals surface area contributed by atoms with Crippen molar-refractivity contribution < 1.29 is 5.21 Å². The molecule has 1 aromatic rings. The van der Waals surface area contributed by atoms with E-state index >= 15 is 0 Å². The van der Waals surface area contributed by atoms with E-state index in [0.717, 1.165) is 18.7 Å². The van der Waals surface area contributed by atoms with Crippen LogP contribution in [0, 0.1) is 0 Å². The number of guanidine groups is 1. The van der Waals surface area contributed by atoms with Gasteiger partial charge in [0.15, 0.2) is 5.82 Å². The van der Waals surface area contributed by atoms with E-state index in [2.05, 4.69) is 20.7 Å². The van der Waals surface area contributed by atoms with Crippen molar-refractivity contribution >= 4 is 5.96 Å². The Labute approximate surface area is 105 Å². The molecule has 0 spiro atoms. The average Bonchev–Trinajstić information content (AvgIpc) is 2.86. The van der Waals surface area contributed by atoms with Crippen molar-refractivity contribution in [1.29, 1.82) is 0 Å². The molecule has 1 aliphatic rings. The highest BCUT2D eigenvalue weighted by atomic mass is 16.4. The summed E-state index contributed by atoms with van der Waals surface area (Å²) in [4.78, 5) is 1.60. The molecule has 1 saturated carbocycles. The molecule has 1 aliphatic carbocycles. The Balaban J connectivity index is 2.07. The maximum absolute atomic E-state index is 8.61. The number of rotatable bonds is 3. The monoisotopic (exact) mass is 253 g/mol. The smallest absolute Gasteiger partial charge is 0.233 e. The van der Waals surface area contributed by atoms with Crippen LogP contribution in [0.5, 0.6) is 0 Å². The first kappa shape index (κ1) is 12.6. The van der Waals surface area contributed by atoms with Gasteiger partial charge in [0.05, 0.1) is 12.6 Å². The molecule has 100 valence electrons. The van der Waals surface area contributed by atoms with Crippen LogP contribution in [-0.2, 0) is 6.54 Å². The van der Waals surface area contributed by atoms with E-state index in [-0.39, 0.29) is 5.96 Å². The highest BCUT2D eigenvalue weighted by Gasteiger charge is 2.20. The van der Waals surface area contributed by atoms with Crippen molar-refractivity contribution in [3.05, 3.63) is 5.82 Å². The van der Waals surface area contributed by atoms with Crippen LogP contribution in [0.4, 0.5) is 0 Å². The fourth-order valence-corrected chi connectivity index (χ4v) is 2.30. The topological polar surface area (TPSA) is 105 Å². The molecular weight excluding hydrogens is 234 g/mol. The Morgan fingerprint density at radius 1 is 1.50 bits per heavy atom. The van der Waals surface area contributed by atoms with Gasteiger partial charge in [0, 0.05) is 7.05 Å². The van der Waals surface area contributed by atoms with Crippen molar-refractivity contribution in [2.75, 3.05) is 7.05 Å². The second-order valence-corrected chi connectivity index (χ2v) is 4.65. The Bertz CT molecular complexity index is 410. The van der Waals surface area contributed by atoms with Gasteiger partial charge in [-0.2, -0.15) is 0 Å². The second kappa shape index (κ2) is 5.65. The van der Waals surface area contributed by atoms with Crippen LogP contribution in [0.25, 0.3) is 0 Å². The summed E-state index contributed by atoms with van der Waals surface area (Å²) in [5.74, 6) is 0.796. The minimum Gasteiger partial charge on any atom is -0.408 e. The summed E-state index contributed by atoms with van der Waals surface area (Å²) in [5.41, 5.74) is 5.51. The Kier molecular flexibility index (Phi) is 3.96. The fraction of sp³-hybridized carbons (Fsp3) is 0.800. The highest BCUT2D eigenvalue weighted by molar-refractivity contribution is 5.76. The SMILES string of the molecule is CN(Cc1nnnn1C1CCCCC1)/C(N)=N/O. The predicted molar refractivity (Wildman–Crippen MR) is 64.8 cm³/mol. The van der Waals surface area contributed by atoms with Gasteiger partial charge in [0.2, 0.25) is 5.96 Å². The molecule has 0 saturated heterocycles. The van der Waals surface area contributed by atoms with E-state index in [1.165, 1.54) is 19.3 Å². The van der Waals surface area contributed by atoms with Crippen molar-refractivity contribution in [3.8, 4) is 0 Å². The second-order valence-electron chi connectivity index (χ2n) is 4.65. The van der Waals surface area contributed by atoms with Gasteiger partial charge in [0.1, 0.15) is 0 Å². The average molecular weight is 253 g/mol. The van der Waals surface area contributed by atoms with Crippen molar-refractivity contribution in [3.63, 3.8) is 0 Å². The molecule has 0 aliphatic heterocycles. The van der Waals surface area contributed by atoms with Crippen LogP contribution < -0.4 is 5.73 Å². The van der Waals surface area contributed by atoms with Crippen molar-refractivity contribution in [2.45, 2.75) is 44.7 Å². The number of hydrogen-bond acceptors (Lipinski definition) is 5. The van der Waals surface area contributed by atoms with Crippen LogP contribution >= 0.6 is 0 Å². The Hall–Kier alpha value is -1.86. The largest absolute Gasteiger partial charge is 0.408 e. The van der Waals surface area contributed by atoms with Gasteiger partial charge >= 0.3 is 0 Å². The Morgan fingerprint density at radius 2 is 2.22 bits per heavy atom. The quantitative estimate of drug-likeness (QED) is 0.348. The fourth-order valence-electron chi connectivity index (χ4n) is 2.30. The van der Waals surface area contributed by atoms with E-state index in [1.54, 1.807) is 11.9 Å². The number of tetrazole rings is 1. The minimum atomic E-state index is 0.0493. The number of nitrogens with zero attached hydrogens (tertiary/aromatic N) is 6. The van der Waals surface area contributed by atoms with E-state index in [0.29, 0.717) is 12.6 Å². The molecule has 0 bridgehead atoms. The molecule has 1 fully saturated rings. The van der Waals surface area contributed by atoms with E-state index in [1.807, 2.05) is 4.68 Å². The zero-order valence-corrected chi connectivity index (χ0v) is 10.5. The zero-order chi connectivity index (χ0) is 13.0. The van der Waals surface area contributed by atoms with Gasteiger partial charge in [-0.05, 0) is 23.3 Å². The van der Waals surface area contributed by atoms with E-state index < -0.39 is 0 Å². The van der Waals surface area contributed by atoms with Gasteiger partial charge in [-0.1, -0.05) is 24.4 Å². The van der Waals surface area contributed by atoms with E-state index in [9.17, 15) is 0 Å². The summed E-state index contributed by atoms with van der Waals surface area (Å²) in [6, 6.07) is 0.379. The van der Waals surface area contributed by atoms with Crippen LogP contribution in [-0.4, -0.2) is 43.3 Å². The van der Waals surface area contributed by atoms with E-state index in [4.69, 9.17) is 10.9 Å². The molecule has 0 radical (unpaired) electrons. The lowest BCUT2D eigenvalue weighted by molar-refractivity contribution is 0.293. The van der Waals surface area contributed by atoms with Crippen LogP contribution in [0.3, 0.4) is 0 Å². The molecule has 3 N–H and O–H groups in total. The maximum atomic E-state index is 8.61. The molecule has 1 heterocycles. The van der Waals surface area contributed by atoms with Gasteiger partial charge < -0.3 is 15.8 Å². The molecule has 0 atom stereocenters. The third kappa shape index (κ3) is 2.69. The summed E-state index contributed by atoms with van der Waals surface area (Å²) < 4.78 is 1.88. The Morgan fingerprint density at radius 3 is 2.89 bits per heavy atom. The first-order valence-electron chi connectivity index (χ1n) is 6.17. The third-order valence-electron chi connectivity index (χ3n) is 3.35. The molecule has 8 heteroatoms. The first-order chi connectivity index (χ1) is 8.72. The molecule has 8 nitrogen and oxygen atoms in total. The molecule has 0 aromatic carbocycles. The van der Waals surface area contributed by atoms with Crippen LogP contribution in [0.2, 0.25) is 0 Å². The normalized spacial score (nSPS) is 17.9. The lowest BCUT2D eigenvalue weighted by Gasteiger charge is -2.23. The molecule has 18 heavy (non-hydrogen) atoms. The standard InChI is InChI=1S/C10H19N7O/c1-16(10(11)13-18)7-9-12-14-15-17(9)8-5-3-2-4-6-8/h8,18H,2-7H2,1H3,(H2,11,13). The predicted octanol–water partition coefficient (Wildman–Crippen LogP) is 0.314. The van der Waals surface area contributed by atoms with Gasteiger partial charge in [-0.3, -0.25) is 0 Å². The van der Waals surface area contributed by atoms with Gasteiger partial charge in [-0.25, -0.2) is 4.68 Å². The van der Waals surface area contributed by atoms with Crippen LogP contribution in [0.15, 0.2) is 5.16 Å². The molecule has 1 aromatic heterocycles. The zero-order valence-electron chi connectivity index (χ0n) is 10.5. The summed E-state index contributed by atoms with van der Waals surface area (Å²) in [6.07, 6.45) is 5.97. The van der Waals surface area contributed by atoms with Crippen LogP contribution in [0.1, 0.15) is 44.0 Å². The summed E-state index contributed by atoms with van der Waals surface area (Å²) in [6.45, 7) is 0.430.